The highest BCUT2D eigenvalue weighted by Crippen LogP contribution is 2.28. The fraction of sp³-hybridized carbons (Fsp3) is 0.545. The van der Waals surface area contributed by atoms with Gasteiger partial charge in [-0.3, -0.25) is 19.7 Å². The largest absolute Gasteiger partial charge is 0.432 e. The van der Waals surface area contributed by atoms with Crippen molar-refractivity contribution in [1.29, 1.82) is 0 Å². The van der Waals surface area contributed by atoms with E-state index in [1.54, 1.807) is 23.4 Å². The Bertz CT molecular complexity index is 960. The van der Waals surface area contributed by atoms with Crippen LogP contribution in [0.3, 0.4) is 0 Å². The van der Waals surface area contributed by atoms with E-state index in [1.165, 1.54) is 4.90 Å². The van der Waals surface area contributed by atoms with Crippen molar-refractivity contribution >= 4 is 11.8 Å². The summed E-state index contributed by atoms with van der Waals surface area (Å²) in [4.78, 5) is 33.2. The number of carbonyl (C=O) groups is 2. The molecule has 1 atom stereocenters. The number of nitrogens with zero attached hydrogens (tertiary/aromatic N) is 4. The number of hydrogen-bond donors (Lipinski definition) is 1. The van der Waals surface area contributed by atoms with Crippen LogP contribution < -0.4 is 0 Å². The third kappa shape index (κ3) is 5.70. The molecule has 0 spiro atoms. The number of ether oxygens (including phenoxy) is 1. The van der Waals surface area contributed by atoms with Crippen LogP contribution in [0.25, 0.3) is 0 Å². The van der Waals surface area contributed by atoms with E-state index in [9.17, 15) is 22.8 Å². The zero-order chi connectivity index (χ0) is 23.4. The van der Waals surface area contributed by atoms with Crippen LogP contribution in [0.5, 0.6) is 0 Å². The molecule has 0 radical (unpaired) electrons. The number of carbonyl (C=O) groups excluding carboxylic acids is 2. The predicted molar refractivity (Wildman–Crippen MR) is 111 cm³/mol. The van der Waals surface area contributed by atoms with Crippen molar-refractivity contribution in [3.05, 3.63) is 47.5 Å². The monoisotopic (exact) mass is 465 g/mol. The van der Waals surface area contributed by atoms with Gasteiger partial charge in [0.25, 0.3) is 5.91 Å². The molecule has 2 aliphatic rings. The summed E-state index contributed by atoms with van der Waals surface area (Å²) in [5, 5.41) is 5.39. The minimum absolute atomic E-state index is 0.0717. The molecule has 178 valence electrons. The van der Waals surface area contributed by atoms with Crippen LogP contribution in [0, 0.1) is 0 Å². The van der Waals surface area contributed by atoms with Gasteiger partial charge >= 0.3 is 6.18 Å². The van der Waals surface area contributed by atoms with E-state index < -0.39 is 23.9 Å². The molecule has 2 aromatic rings. The van der Waals surface area contributed by atoms with E-state index >= 15 is 0 Å². The molecule has 4 rings (SSSR count). The Morgan fingerprint density at radius 3 is 2.67 bits per heavy atom. The first kappa shape index (κ1) is 23.2. The lowest BCUT2D eigenvalue weighted by Crippen LogP contribution is -2.46. The van der Waals surface area contributed by atoms with Crippen LogP contribution in [0.4, 0.5) is 13.2 Å². The highest BCUT2D eigenvalue weighted by molar-refractivity contribution is 5.95. The van der Waals surface area contributed by atoms with Crippen molar-refractivity contribution in [2.24, 2.45) is 0 Å². The third-order valence-electron chi connectivity index (χ3n) is 6.08. The average molecular weight is 465 g/mol. The summed E-state index contributed by atoms with van der Waals surface area (Å²) in [5.41, 5.74) is -0.648. The number of hydrogen-bond acceptors (Lipinski definition) is 5. The lowest BCUT2D eigenvalue weighted by molar-refractivity contribution is -0.141. The summed E-state index contributed by atoms with van der Waals surface area (Å²) in [6.07, 6.45) is 3.16. The summed E-state index contributed by atoms with van der Waals surface area (Å²) in [6.45, 7) is 0.411. The number of nitrogens with one attached hydrogen (secondary N) is 1. The van der Waals surface area contributed by atoms with Gasteiger partial charge in [-0.05, 0) is 24.5 Å². The molecule has 3 heterocycles. The number of H-pyrrole nitrogens is 1. The van der Waals surface area contributed by atoms with Gasteiger partial charge in [0.1, 0.15) is 12.2 Å². The Morgan fingerprint density at radius 2 is 2.00 bits per heavy atom. The molecule has 8 nitrogen and oxygen atoms in total. The number of aromatic nitrogens is 3. The van der Waals surface area contributed by atoms with E-state index in [-0.39, 0.29) is 37.3 Å². The SMILES string of the molecule is O=C(c1cc(C(F)(F)F)[nH]n1)N1CC(=O)N(C2CCCCC2)C[C@@H](OCc2cccnc2)C1. The van der Waals surface area contributed by atoms with Crippen molar-refractivity contribution in [3.63, 3.8) is 0 Å². The Balaban J connectivity index is 1.53. The summed E-state index contributed by atoms with van der Waals surface area (Å²) < 4.78 is 44.9. The van der Waals surface area contributed by atoms with Crippen LogP contribution in [0.15, 0.2) is 30.6 Å². The molecule has 1 N–H and O–H groups in total. The number of aromatic amines is 1. The van der Waals surface area contributed by atoms with E-state index in [0.29, 0.717) is 12.6 Å². The molecule has 2 fully saturated rings. The maximum Gasteiger partial charge on any atom is 0.432 e. The number of amides is 2. The standard InChI is InChI=1S/C22H26F3N5O3/c23-22(24,25)19-9-18(27-28-19)21(32)29-11-17(33-14-15-5-4-8-26-10-15)12-30(20(31)13-29)16-6-2-1-3-7-16/h4-5,8-10,16-17H,1-3,6-7,11-14H2,(H,27,28)/t17-/m0/s1. The zero-order valence-corrected chi connectivity index (χ0v) is 18.1. The number of rotatable bonds is 5. The molecule has 1 saturated heterocycles. The molecule has 0 unspecified atom stereocenters. The predicted octanol–water partition coefficient (Wildman–Crippen LogP) is 3.03. The second-order valence-electron chi connectivity index (χ2n) is 8.48. The van der Waals surface area contributed by atoms with Gasteiger partial charge in [-0.25, -0.2) is 0 Å². The van der Waals surface area contributed by atoms with E-state index in [1.807, 2.05) is 11.2 Å². The van der Waals surface area contributed by atoms with Crippen LogP contribution in [0.2, 0.25) is 0 Å². The summed E-state index contributed by atoms with van der Waals surface area (Å²) in [7, 11) is 0. The van der Waals surface area contributed by atoms with Crippen molar-refractivity contribution in [1.82, 2.24) is 25.0 Å². The topological polar surface area (TPSA) is 91.4 Å². The number of alkyl halides is 3. The van der Waals surface area contributed by atoms with Gasteiger partial charge < -0.3 is 14.5 Å². The van der Waals surface area contributed by atoms with Gasteiger partial charge in [-0.1, -0.05) is 25.3 Å². The third-order valence-corrected chi connectivity index (χ3v) is 6.08. The summed E-state index contributed by atoms with van der Waals surface area (Å²) >= 11 is 0. The summed E-state index contributed by atoms with van der Waals surface area (Å²) in [5.74, 6) is -0.968. The van der Waals surface area contributed by atoms with Gasteiger partial charge in [0.2, 0.25) is 5.91 Å². The molecule has 11 heteroatoms. The molecule has 33 heavy (non-hydrogen) atoms. The highest BCUT2D eigenvalue weighted by Gasteiger charge is 2.37. The molecule has 0 aromatic carbocycles. The van der Waals surface area contributed by atoms with Crippen molar-refractivity contribution in [2.75, 3.05) is 19.6 Å². The summed E-state index contributed by atoms with van der Waals surface area (Å²) in [6, 6.07) is 4.39. The highest BCUT2D eigenvalue weighted by atomic mass is 19.4. The zero-order valence-electron chi connectivity index (χ0n) is 18.1. The maximum atomic E-state index is 13.1. The molecule has 2 aromatic heterocycles. The van der Waals surface area contributed by atoms with Crippen LogP contribution >= 0.6 is 0 Å². The van der Waals surface area contributed by atoms with Gasteiger partial charge in [0, 0.05) is 37.6 Å². The molecular formula is C22H26F3N5O3. The molecule has 1 aliphatic carbocycles. The fourth-order valence-corrected chi connectivity index (χ4v) is 4.39. The minimum Gasteiger partial charge on any atom is -0.370 e. The normalized spacial score (nSPS) is 20.7. The molecule has 2 amide bonds. The first-order chi connectivity index (χ1) is 15.8. The van der Waals surface area contributed by atoms with E-state index in [0.717, 1.165) is 37.7 Å². The lowest BCUT2D eigenvalue weighted by atomic mass is 9.94. The van der Waals surface area contributed by atoms with Crippen LogP contribution in [0.1, 0.15) is 53.8 Å². The Morgan fingerprint density at radius 1 is 1.21 bits per heavy atom. The second-order valence-corrected chi connectivity index (χ2v) is 8.48. The van der Waals surface area contributed by atoms with Gasteiger partial charge in [-0.15, -0.1) is 0 Å². The van der Waals surface area contributed by atoms with E-state index in [4.69, 9.17) is 4.74 Å². The van der Waals surface area contributed by atoms with Crippen molar-refractivity contribution in [3.8, 4) is 0 Å². The Labute approximate surface area is 189 Å². The quantitative estimate of drug-likeness (QED) is 0.733. The van der Waals surface area contributed by atoms with Crippen LogP contribution in [-0.2, 0) is 22.3 Å². The van der Waals surface area contributed by atoms with Crippen molar-refractivity contribution < 1.29 is 27.5 Å². The molecule has 0 bridgehead atoms. The lowest BCUT2D eigenvalue weighted by Gasteiger charge is -2.34. The first-order valence-electron chi connectivity index (χ1n) is 11.0. The molecular weight excluding hydrogens is 439 g/mol. The molecule has 1 aliphatic heterocycles. The smallest absolute Gasteiger partial charge is 0.370 e. The Kier molecular flexibility index (Phi) is 6.96. The minimum atomic E-state index is -4.65. The first-order valence-corrected chi connectivity index (χ1v) is 11.0. The van der Waals surface area contributed by atoms with Gasteiger partial charge in [0.15, 0.2) is 5.69 Å². The van der Waals surface area contributed by atoms with Crippen LogP contribution in [-0.4, -0.2) is 68.6 Å². The van der Waals surface area contributed by atoms with Gasteiger partial charge in [-0.2, -0.15) is 18.3 Å². The number of halogens is 3. The average Bonchev–Trinajstić information content (AvgIpc) is 3.25. The second kappa shape index (κ2) is 9.90. The Hall–Kier alpha value is -2.95. The fourth-order valence-electron chi connectivity index (χ4n) is 4.39. The van der Waals surface area contributed by atoms with E-state index in [2.05, 4.69) is 10.1 Å². The maximum absolute atomic E-state index is 13.1. The van der Waals surface area contributed by atoms with Crippen molar-refractivity contribution in [2.45, 2.75) is 57.0 Å². The van der Waals surface area contributed by atoms with Gasteiger partial charge in [0.05, 0.1) is 12.7 Å². The molecule has 1 saturated carbocycles. The number of pyridine rings is 1.